The van der Waals surface area contributed by atoms with Crippen molar-refractivity contribution in [1.82, 2.24) is 20.4 Å². The van der Waals surface area contributed by atoms with Gasteiger partial charge in [-0.25, -0.2) is 4.79 Å². The van der Waals surface area contributed by atoms with Crippen LogP contribution in [0.5, 0.6) is 0 Å². The number of aromatic nitrogens is 2. The molecule has 0 radical (unpaired) electrons. The van der Waals surface area contributed by atoms with E-state index < -0.39 is 5.60 Å². The fourth-order valence-corrected chi connectivity index (χ4v) is 2.19. The molecule has 1 atom stereocenters. The summed E-state index contributed by atoms with van der Waals surface area (Å²) in [6.07, 6.45) is 3.53. The van der Waals surface area contributed by atoms with Gasteiger partial charge in [0.15, 0.2) is 0 Å². The van der Waals surface area contributed by atoms with Gasteiger partial charge in [-0.3, -0.25) is 4.68 Å². The number of amides is 2. The van der Waals surface area contributed by atoms with Crippen molar-refractivity contribution in [2.45, 2.75) is 25.5 Å². The number of rotatable bonds is 6. The summed E-state index contributed by atoms with van der Waals surface area (Å²) in [5.41, 5.74) is 0.0374. The number of hydrogen-bond acceptors (Lipinski definition) is 3. The number of carbonyl (C=O) groups excluding carboxylic acids is 1. The van der Waals surface area contributed by atoms with Gasteiger partial charge >= 0.3 is 6.03 Å². The first-order valence-electron chi connectivity index (χ1n) is 7.34. The van der Waals surface area contributed by atoms with Crippen molar-refractivity contribution in [1.29, 1.82) is 0 Å². The molecule has 0 bridgehead atoms. The van der Waals surface area contributed by atoms with Gasteiger partial charge in [0.1, 0.15) is 0 Å². The van der Waals surface area contributed by atoms with E-state index in [0.29, 0.717) is 11.6 Å². The van der Waals surface area contributed by atoms with Crippen LogP contribution in [0.25, 0.3) is 0 Å². The van der Waals surface area contributed by atoms with E-state index in [9.17, 15) is 9.90 Å². The molecule has 1 aromatic carbocycles. The van der Waals surface area contributed by atoms with Crippen LogP contribution in [0, 0.1) is 0 Å². The second-order valence-corrected chi connectivity index (χ2v) is 6.37. The van der Waals surface area contributed by atoms with Gasteiger partial charge in [-0.1, -0.05) is 23.7 Å². The van der Waals surface area contributed by atoms with Crippen molar-refractivity contribution in [3.05, 3.63) is 53.3 Å². The molecule has 0 fully saturated rings. The predicted octanol–water partition coefficient (Wildman–Crippen LogP) is 2.20. The minimum Gasteiger partial charge on any atom is -0.389 e. The fraction of sp³-hybridized carbons (Fsp3) is 0.375. The van der Waals surface area contributed by atoms with Crippen molar-refractivity contribution in [3.8, 4) is 0 Å². The van der Waals surface area contributed by atoms with Crippen LogP contribution in [0.15, 0.2) is 42.7 Å². The Balaban J connectivity index is 2.02. The van der Waals surface area contributed by atoms with Gasteiger partial charge in [0, 0.05) is 30.5 Å². The lowest BCUT2D eigenvalue weighted by Crippen LogP contribution is -2.44. The second kappa shape index (κ2) is 7.48. The molecule has 2 aromatic rings. The Hall–Kier alpha value is -2.05. The molecule has 0 saturated carbocycles. The van der Waals surface area contributed by atoms with Gasteiger partial charge < -0.3 is 15.7 Å². The number of carbonyl (C=O) groups is 1. The van der Waals surface area contributed by atoms with Crippen LogP contribution in [0.2, 0.25) is 5.02 Å². The van der Waals surface area contributed by atoms with Crippen molar-refractivity contribution < 1.29 is 9.90 Å². The zero-order valence-corrected chi connectivity index (χ0v) is 13.9. The number of nitrogens with one attached hydrogen (secondary N) is 2. The van der Waals surface area contributed by atoms with Crippen LogP contribution in [0.1, 0.15) is 25.5 Å². The molecule has 0 aliphatic rings. The van der Waals surface area contributed by atoms with E-state index in [2.05, 4.69) is 15.7 Å². The lowest BCUT2D eigenvalue weighted by Gasteiger charge is -2.21. The van der Waals surface area contributed by atoms with E-state index in [0.717, 1.165) is 5.56 Å². The molecule has 0 spiro atoms. The third-order valence-electron chi connectivity index (χ3n) is 3.24. The molecule has 124 valence electrons. The minimum atomic E-state index is -0.949. The fourth-order valence-electron chi connectivity index (χ4n) is 2.06. The van der Waals surface area contributed by atoms with Crippen LogP contribution < -0.4 is 10.6 Å². The third-order valence-corrected chi connectivity index (χ3v) is 3.49. The Morgan fingerprint density at radius 2 is 2.04 bits per heavy atom. The zero-order chi connectivity index (χ0) is 16.9. The average molecular weight is 337 g/mol. The summed E-state index contributed by atoms with van der Waals surface area (Å²) in [5, 5.41) is 20.0. The SMILES string of the molecule is CC(C)(O)CNC(=O)NC[C@@H](c1ccc(Cl)cc1)n1cccn1. The molecular weight excluding hydrogens is 316 g/mol. The maximum atomic E-state index is 11.9. The summed E-state index contributed by atoms with van der Waals surface area (Å²) < 4.78 is 1.78. The molecule has 0 unspecified atom stereocenters. The minimum absolute atomic E-state index is 0.143. The summed E-state index contributed by atoms with van der Waals surface area (Å²) in [6, 6.07) is 8.78. The van der Waals surface area contributed by atoms with Crippen molar-refractivity contribution in [2.75, 3.05) is 13.1 Å². The van der Waals surface area contributed by atoms with Crippen LogP contribution in [0.4, 0.5) is 4.79 Å². The number of hydrogen-bond donors (Lipinski definition) is 3. The molecule has 3 N–H and O–H groups in total. The predicted molar refractivity (Wildman–Crippen MR) is 89.5 cm³/mol. The Labute approximate surface area is 140 Å². The lowest BCUT2D eigenvalue weighted by molar-refractivity contribution is 0.0819. The van der Waals surface area contributed by atoms with E-state index >= 15 is 0 Å². The number of benzene rings is 1. The summed E-state index contributed by atoms with van der Waals surface area (Å²) in [4.78, 5) is 11.9. The maximum Gasteiger partial charge on any atom is 0.314 e. The van der Waals surface area contributed by atoms with Gasteiger partial charge in [0.2, 0.25) is 0 Å². The van der Waals surface area contributed by atoms with Gasteiger partial charge in [-0.2, -0.15) is 5.10 Å². The van der Waals surface area contributed by atoms with Gasteiger partial charge in [0.05, 0.1) is 11.6 Å². The molecule has 2 amide bonds. The number of aliphatic hydroxyl groups is 1. The van der Waals surface area contributed by atoms with Gasteiger partial charge in [0.25, 0.3) is 0 Å². The third kappa shape index (κ3) is 5.58. The smallest absolute Gasteiger partial charge is 0.314 e. The molecule has 2 rings (SSSR count). The Kier molecular flexibility index (Phi) is 5.63. The van der Waals surface area contributed by atoms with E-state index in [1.165, 1.54) is 0 Å². The van der Waals surface area contributed by atoms with Crippen LogP contribution >= 0.6 is 11.6 Å². The highest BCUT2D eigenvalue weighted by Gasteiger charge is 2.17. The number of halogens is 1. The summed E-state index contributed by atoms with van der Waals surface area (Å²) in [7, 11) is 0. The highest BCUT2D eigenvalue weighted by Crippen LogP contribution is 2.19. The van der Waals surface area contributed by atoms with E-state index in [1.54, 1.807) is 24.7 Å². The molecule has 1 heterocycles. The highest BCUT2D eigenvalue weighted by atomic mass is 35.5. The van der Waals surface area contributed by atoms with Crippen LogP contribution in [-0.2, 0) is 0 Å². The molecule has 1 aromatic heterocycles. The normalized spacial score (nSPS) is 12.7. The summed E-state index contributed by atoms with van der Waals surface area (Å²) in [5.74, 6) is 0. The molecule has 7 heteroatoms. The standard InChI is InChI=1S/C16H21ClN4O2/c1-16(2,23)11-19-15(22)18-10-14(21-9-3-8-20-21)12-4-6-13(17)7-5-12/h3-9,14,23H,10-11H2,1-2H3,(H2,18,19,22)/t14-/m0/s1. The molecule has 0 aliphatic carbocycles. The second-order valence-electron chi connectivity index (χ2n) is 5.93. The first kappa shape index (κ1) is 17.3. The molecule has 6 nitrogen and oxygen atoms in total. The molecule has 23 heavy (non-hydrogen) atoms. The summed E-state index contributed by atoms with van der Waals surface area (Å²) >= 11 is 5.93. The highest BCUT2D eigenvalue weighted by molar-refractivity contribution is 6.30. The molecule has 0 saturated heterocycles. The largest absolute Gasteiger partial charge is 0.389 e. The Morgan fingerprint density at radius 1 is 1.35 bits per heavy atom. The van der Waals surface area contributed by atoms with Crippen LogP contribution in [-0.4, -0.2) is 39.6 Å². The van der Waals surface area contributed by atoms with Gasteiger partial charge in [-0.05, 0) is 37.6 Å². The average Bonchev–Trinajstić information content (AvgIpc) is 3.00. The van der Waals surface area contributed by atoms with Crippen LogP contribution in [0.3, 0.4) is 0 Å². The van der Waals surface area contributed by atoms with E-state index in [4.69, 9.17) is 11.6 Å². The first-order valence-corrected chi connectivity index (χ1v) is 7.71. The monoisotopic (exact) mass is 336 g/mol. The first-order chi connectivity index (χ1) is 10.8. The number of nitrogens with zero attached hydrogens (tertiary/aromatic N) is 2. The summed E-state index contributed by atoms with van der Waals surface area (Å²) in [6.45, 7) is 3.80. The molecule has 0 aliphatic heterocycles. The van der Waals surface area contributed by atoms with E-state index in [-0.39, 0.29) is 18.6 Å². The van der Waals surface area contributed by atoms with Crippen molar-refractivity contribution in [2.24, 2.45) is 0 Å². The molecular formula is C16H21ClN4O2. The van der Waals surface area contributed by atoms with Crippen molar-refractivity contribution in [3.63, 3.8) is 0 Å². The lowest BCUT2D eigenvalue weighted by atomic mass is 10.1. The Morgan fingerprint density at radius 3 is 2.61 bits per heavy atom. The van der Waals surface area contributed by atoms with Crippen molar-refractivity contribution >= 4 is 17.6 Å². The van der Waals surface area contributed by atoms with E-state index in [1.807, 2.05) is 36.5 Å². The number of urea groups is 1. The Bertz CT molecular complexity index is 621. The van der Waals surface area contributed by atoms with Gasteiger partial charge in [-0.15, -0.1) is 0 Å². The maximum absolute atomic E-state index is 11.9. The zero-order valence-electron chi connectivity index (χ0n) is 13.2. The topological polar surface area (TPSA) is 79.2 Å². The quantitative estimate of drug-likeness (QED) is 0.756.